The number of para-hydroxylation sites is 5. The summed E-state index contributed by atoms with van der Waals surface area (Å²) in [4.78, 5) is 10.3. The van der Waals surface area contributed by atoms with Crippen molar-refractivity contribution < 1.29 is 0 Å². The van der Waals surface area contributed by atoms with Gasteiger partial charge in [-0.2, -0.15) is 0 Å². The molecule has 0 saturated heterocycles. The average Bonchev–Trinajstić information content (AvgIpc) is 3.60. The molecule has 0 aliphatic carbocycles. The van der Waals surface area contributed by atoms with Crippen molar-refractivity contribution in [2.75, 3.05) is 19.3 Å². The quantitative estimate of drug-likeness (QED) is 0.164. The molecule has 6 heterocycles. The van der Waals surface area contributed by atoms with E-state index >= 15 is 0 Å². The summed E-state index contributed by atoms with van der Waals surface area (Å²) in [5.41, 5.74) is 33.7. The summed E-state index contributed by atoms with van der Waals surface area (Å²) in [5, 5.41) is 0. The molecule has 0 amide bonds. The Kier molecular flexibility index (Phi) is 8.90. The zero-order valence-electron chi connectivity index (χ0n) is 43.0. The molecule has 4 nitrogen and oxygen atoms in total. The molecule has 0 unspecified atom stereocenters. The predicted molar refractivity (Wildman–Crippen MR) is 335 cm³/mol. The van der Waals surface area contributed by atoms with Crippen LogP contribution in [0.25, 0.3) is 66.8 Å². The lowest BCUT2D eigenvalue weighted by Gasteiger charge is -2.44. The van der Waals surface area contributed by atoms with Gasteiger partial charge in [0.05, 0.1) is 0 Å². The summed E-state index contributed by atoms with van der Waals surface area (Å²) in [6.07, 6.45) is 0. The van der Waals surface area contributed by atoms with Crippen molar-refractivity contribution in [2.24, 2.45) is 0 Å². The van der Waals surface area contributed by atoms with Gasteiger partial charge in [0, 0.05) is 84.6 Å². The molecule has 0 bridgehead atoms. The Balaban J connectivity index is 0.873. The van der Waals surface area contributed by atoms with E-state index in [2.05, 4.69) is 292 Å². The third-order valence-electron chi connectivity index (χ3n) is 18.0. The van der Waals surface area contributed by atoms with E-state index < -0.39 is 0 Å². The number of anilines is 9. The number of hydrogen-bond acceptors (Lipinski definition) is 4. The SMILES string of the molecule is c1ccc2c(c1)B1c3ccc(N(c4ccc5c(c4)-c4ccccc4N4B5c5ccccc5-c5ccccc54)c4ccc5c(c4)-c4ccccc4B4c6ccccc6-c6ccccc6N45)cc3-c3ccccc3N1c1ccccc1-2. The van der Waals surface area contributed by atoms with Crippen LogP contribution in [0.1, 0.15) is 0 Å². The van der Waals surface area contributed by atoms with Crippen LogP contribution in [0.5, 0.6) is 0 Å². The average molecular weight is 999 g/mol. The lowest BCUT2D eigenvalue weighted by molar-refractivity contribution is 1.27. The van der Waals surface area contributed by atoms with Gasteiger partial charge in [0.15, 0.2) is 0 Å². The lowest BCUT2D eigenvalue weighted by atomic mass is 9.43. The molecular formula is C72H45B3N4. The first-order chi connectivity index (χ1) is 39.2. The summed E-state index contributed by atoms with van der Waals surface area (Å²) in [5.74, 6) is 0. The first kappa shape index (κ1) is 43.2. The minimum Gasteiger partial charge on any atom is -0.376 e. The molecule has 0 atom stereocenters. The Morgan fingerprint density at radius 2 is 0.418 bits per heavy atom. The van der Waals surface area contributed by atoms with Crippen molar-refractivity contribution in [2.45, 2.75) is 0 Å². The Morgan fingerprint density at radius 3 is 0.759 bits per heavy atom. The summed E-state index contributed by atoms with van der Waals surface area (Å²) >= 11 is 0. The van der Waals surface area contributed by atoms with Gasteiger partial charge >= 0.3 is 20.5 Å². The molecule has 12 aromatic rings. The third kappa shape index (κ3) is 5.91. The van der Waals surface area contributed by atoms with E-state index in [1.807, 2.05) is 0 Å². The highest BCUT2D eigenvalue weighted by molar-refractivity contribution is 6.94. The van der Waals surface area contributed by atoms with Gasteiger partial charge in [-0.1, -0.05) is 200 Å². The van der Waals surface area contributed by atoms with Crippen LogP contribution in [-0.2, 0) is 0 Å². The van der Waals surface area contributed by atoms with E-state index in [0.717, 1.165) is 17.1 Å². The van der Waals surface area contributed by atoms with Crippen LogP contribution < -0.4 is 52.1 Å². The molecule has 18 rings (SSSR count). The molecule has 12 aromatic carbocycles. The second kappa shape index (κ2) is 16.3. The van der Waals surface area contributed by atoms with Gasteiger partial charge in [0.25, 0.3) is 0 Å². The fourth-order valence-corrected chi connectivity index (χ4v) is 14.9. The zero-order chi connectivity index (χ0) is 51.4. The second-order valence-corrected chi connectivity index (χ2v) is 21.8. The molecule has 0 saturated carbocycles. The summed E-state index contributed by atoms with van der Waals surface area (Å²) in [6, 6.07) is 103. The van der Waals surface area contributed by atoms with Crippen LogP contribution in [-0.4, -0.2) is 20.5 Å². The third-order valence-corrected chi connectivity index (χ3v) is 18.0. The first-order valence-corrected chi connectivity index (χ1v) is 27.7. The molecule has 6 aliphatic heterocycles. The van der Waals surface area contributed by atoms with Crippen LogP contribution in [0, 0.1) is 0 Å². The largest absolute Gasteiger partial charge is 0.376 e. The maximum atomic E-state index is 2.60. The van der Waals surface area contributed by atoms with Crippen molar-refractivity contribution in [1.29, 1.82) is 0 Å². The van der Waals surface area contributed by atoms with Gasteiger partial charge < -0.3 is 19.3 Å². The number of hydrogen-bond donors (Lipinski definition) is 0. The first-order valence-electron chi connectivity index (χ1n) is 27.7. The van der Waals surface area contributed by atoms with E-state index in [-0.39, 0.29) is 20.5 Å². The summed E-state index contributed by atoms with van der Waals surface area (Å²) in [6.45, 7) is 0.0259. The molecule has 0 aromatic heterocycles. The molecule has 0 radical (unpaired) electrons. The Hall–Kier alpha value is -9.97. The van der Waals surface area contributed by atoms with E-state index in [1.54, 1.807) is 0 Å². The molecule has 0 N–H and O–H groups in total. The molecule has 0 spiro atoms. The summed E-state index contributed by atoms with van der Waals surface area (Å²) < 4.78 is 0. The molecule has 6 aliphatic rings. The van der Waals surface area contributed by atoms with Crippen molar-refractivity contribution in [3.63, 3.8) is 0 Å². The van der Waals surface area contributed by atoms with Gasteiger partial charge in [-0.3, -0.25) is 0 Å². The molecule has 362 valence electrons. The fourth-order valence-electron chi connectivity index (χ4n) is 14.9. The number of fused-ring (bicyclic) bond motifs is 33. The maximum absolute atomic E-state index is 2.60. The van der Waals surface area contributed by atoms with Gasteiger partial charge in [-0.25, -0.2) is 0 Å². The topological polar surface area (TPSA) is 13.0 Å². The van der Waals surface area contributed by atoms with Gasteiger partial charge in [-0.05, 0) is 139 Å². The molecule has 0 fully saturated rings. The van der Waals surface area contributed by atoms with E-state index in [1.165, 1.54) is 134 Å². The maximum Gasteiger partial charge on any atom is 0.329 e. The number of nitrogens with zero attached hydrogens (tertiary/aromatic N) is 4. The van der Waals surface area contributed by atoms with E-state index in [4.69, 9.17) is 0 Å². The second-order valence-electron chi connectivity index (χ2n) is 21.8. The Labute approximate surface area is 461 Å². The highest BCUT2D eigenvalue weighted by atomic mass is 15.2. The highest BCUT2D eigenvalue weighted by Gasteiger charge is 2.46. The van der Waals surface area contributed by atoms with Crippen LogP contribution >= 0.6 is 0 Å². The van der Waals surface area contributed by atoms with Crippen molar-refractivity contribution in [3.8, 4) is 66.8 Å². The lowest BCUT2D eigenvalue weighted by Crippen LogP contribution is -2.59. The van der Waals surface area contributed by atoms with Crippen LogP contribution in [0.2, 0.25) is 0 Å². The van der Waals surface area contributed by atoms with Crippen molar-refractivity contribution in [3.05, 3.63) is 273 Å². The minimum absolute atomic E-state index is 0.00376. The van der Waals surface area contributed by atoms with Gasteiger partial charge in [0.2, 0.25) is 0 Å². The molecule has 7 heteroatoms. The number of rotatable bonds is 3. The smallest absolute Gasteiger partial charge is 0.329 e. The van der Waals surface area contributed by atoms with Crippen molar-refractivity contribution >= 4 is 105 Å². The van der Waals surface area contributed by atoms with E-state index in [9.17, 15) is 0 Å². The number of benzene rings is 12. The Bertz CT molecular complexity index is 4140. The van der Waals surface area contributed by atoms with Gasteiger partial charge in [0.1, 0.15) is 0 Å². The molecular weight excluding hydrogens is 953 g/mol. The van der Waals surface area contributed by atoms with Crippen LogP contribution in [0.3, 0.4) is 0 Å². The van der Waals surface area contributed by atoms with Crippen LogP contribution in [0.4, 0.5) is 51.2 Å². The zero-order valence-corrected chi connectivity index (χ0v) is 43.0. The monoisotopic (exact) mass is 998 g/mol. The minimum atomic E-state index is -0.00376. The van der Waals surface area contributed by atoms with Crippen molar-refractivity contribution in [1.82, 2.24) is 0 Å². The molecule has 79 heavy (non-hydrogen) atoms. The Morgan fingerprint density at radius 1 is 0.190 bits per heavy atom. The highest BCUT2D eigenvalue weighted by Crippen LogP contribution is 2.52. The fraction of sp³-hybridized carbons (Fsp3) is 0. The summed E-state index contributed by atoms with van der Waals surface area (Å²) in [7, 11) is 0. The van der Waals surface area contributed by atoms with E-state index in [0.29, 0.717) is 0 Å². The predicted octanol–water partition coefficient (Wildman–Crippen LogP) is 13.9. The van der Waals surface area contributed by atoms with Crippen LogP contribution in [0.15, 0.2) is 273 Å². The van der Waals surface area contributed by atoms with Gasteiger partial charge in [-0.15, -0.1) is 0 Å². The normalized spacial score (nSPS) is 13.7. The standard InChI is InChI=1S/C72H45B3N4/c1-10-28-61-49(19-1)55-25-7-16-34-69(55)79-72-42-39-48(45-60(72)52-22-4-13-31-64(52)73(61)79)76(46-37-40-65-58(43-46)56-26-8-17-35-70(56)77-67-32-14-5-23-53(67)50-20-2-11-29-62(50)74(65)77)47-38-41-66-59(44-47)57-27-9-18-36-71(57)78-68-33-15-6-24-54(68)51-21-3-12-30-63(51)75(66)78/h1-45H.